The molecule has 8 heteroatoms. The van der Waals surface area contributed by atoms with Crippen LogP contribution in [0.5, 0.6) is 0 Å². The molecule has 0 unspecified atom stereocenters. The van der Waals surface area contributed by atoms with Gasteiger partial charge >= 0.3 is 0 Å². The molecule has 90 heavy (non-hydrogen) atoms. The van der Waals surface area contributed by atoms with E-state index in [4.69, 9.17) is 9.97 Å². The number of hydrogen-bond donors (Lipinski definition) is 0. The van der Waals surface area contributed by atoms with E-state index in [2.05, 4.69) is 267 Å². The van der Waals surface area contributed by atoms with Gasteiger partial charge in [0.1, 0.15) is 11.6 Å². The number of aromatic nitrogens is 6. The van der Waals surface area contributed by atoms with Crippen LogP contribution in [-0.2, 0) is 0 Å². The summed E-state index contributed by atoms with van der Waals surface area (Å²) in [7, 11) is 0. The highest BCUT2D eigenvalue weighted by Crippen LogP contribution is 2.43. The summed E-state index contributed by atoms with van der Waals surface area (Å²) >= 11 is 0. The Labute approximate surface area is 515 Å². The van der Waals surface area contributed by atoms with Crippen LogP contribution >= 0.6 is 0 Å². The van der Waals surface area contributed by atoms with E-state index in [1.54, 1.807) is 24.3 Å². The molecule has 422 valence electrons. The summed E-state index contributed by atoms with van der Waals surface area (Å²) in [5.74, 6) is -0.234. The number of nitrogens with zero attached hydrogens (tertiary/aromatic N) is 6. The minimum atomic E-state index is -0.345. The van der Waals surface area contributed by atoms with Crippen molar-refractivity contribution >= 4 is 87.2 Å². The van der Waals surface area contributed by atoms with Crippen LogP contribution in [0.2, 0.25) is 0 Å². The lowest BCUT2D eigenvalue weighted by Gasteiger charge is -2.16. The standard InChI is InChI=1S/C82H50F2N6/c83-58-35-27-51(28-36-58)72-50-73(52-29-37-59(84)38-30-52)86-82(85-72)57-43-62(89-76-25-13-9-21-66(76)70-47-55(33-41-80(70)89)53-31-39-78-68(45-53)64-19-7-11-23-74(64)87(78)60-15-3-1-4-16-60)49-63(44-57)90-77-26-14-10-22-67(77)71-48-56(34-42-81(71)90)54-32-40-79-69(46-54)65-20-8-12-24-75(65)88(79)61-17-5-2-6-18-61/h1-50H. The van der Waals surface area contributed by atoms with Crippen molar-refractivity contribution in [3.8, 4) is 78.9 Å². The first-order valence-corrected chi connectivity index (χ1v) is 30.2. The van der Waals surface area contributed by atoms with Gasteiger partial charge in [-0.25, -0.2) is 18.7 Å². The van der Waals surface area contributed by atoms with Crippen LogP contribution in [0.4, 0.5) is 8.78 Å². The Hall–Kier alpha value is -12.0. The zero-order chi connectivity index (χ0) is 59.6. The molecule has 5 heterocycles. The van der Waals surface area contributed by atoms with Crippen LogP contribution in [0.3, 0.4) is 0 Å². The molecule has 18 aromatic rings. The van der Waals surface area contributed by atoms with Crippen molar-refractivity contribution in [3.63, 3.8) is 0 Å². The van der Waals surface area contributed by atoms with Crippen molar-refractivity contribution < 1.29 is 8.78 Å². The highest BCUT2D eigenvalue weighted by Gasteiger charge is 2.22. The SMILES string of the molecule is Fc1ccc(-c2cc(-c3ccc(F)cc3)nc(-c3cc(-n4c5ccccc5c5cc(-c6ccc7c(c6)c6ccccc6n7-c6ccccc6)ccc54)cc(-n4c5ccccc5c5cc(-c6ccc7c(c6)c6ccccc6n7-c6ccccc6)ccc54)c3)n2)cc1. The number of rotatable bonds is 9. The van der Waals surface area contributed by atoms with E-state index in [1.807, 2.05) is 6.07 Å². The van der Waals surface area contributed by atoms with Gasteiger partial charge in [0, 0.05) is 82.5 Å². The van der Waals surface area contributed by atoms with E-state index in [9.17, 15) is 8.78 Å². The monoisotopic (exact) mass is 1160 g/mol. The molecule has 5 aromatic heterocycles. The Balaban J connectivity index is 0.844. The molecule has 0 bridgehead atoms. The zero-order valence-corrected chi connectivity index (χ0v) is 48.3. The first-order valence-electron chi connectivity index (χ1n) is 30.2. The van der Waals surface area contributed by atoms with Gasteiger partial charge in [0.15, 0.2) is 5.82 Å². The lowest BCUT2D eigenvalue weighted by molar-refractivity contribution is 0.627. The molecule has 0 aliphatic heterocycles. The van der Waals surface area contributed by atoms with Crippen molar-refractivity contribution in [1.29, 1.82) is 0 Å². The first-order chi connectivity index (χ1) is 44.4. The second-order valence-electron chi connectivity index (χ2n) is 23.2. The van der Waals surface area contributed by atoms with Gasteiger partial charge in [-0.1, -0.05) is 133 Å². The largest absolute Gasteiger partial charge is 0.309 e. The molecule has 0 saturated heterocycles. The Kier molecular flexibility index (Phi) is 11.6. The number of halogens is 2. The molecule has 0 aliphatic rings. The predicted molar refractivity (Wildman–Crippen MR) is 366 cm³/mol. The first kappa shape index (κ1) is 51.2. The molecule has 13 aromatic carbocycles. The molecule has 0 atom stereocenters. The fourth-order valence-electron chi connectivity index (χ4n) is 14.0. The van der Waals surface area contributed by atoms with Gasteiger partial charge in [0.25, 0.3) is 0 Å². The quantitative estimate of drug-likeness (QED) is 0.145. The molecular formula is C82H50F2N6. The topological polar surface area (TPSA) is 45.5 Å². The summed E-state index contributed by atoms with van der Waals surface area (Å²) in [4.78, 5) is 10.6. The highest BCUT2D eigenvalue weighted by atomic mass is 19.1. The van der Waals surface area contributed by atoms with Crippen LogP contribution in [0.1, 0.15) is 0 Å². The van der Waals surface area contributed by atoms with E-state index >= 15 is 0 Å². The molecular weight excluding hydrogens is 1110 g/mol. The van der Waals surface area contributed by atoms with E-state index in [0.717, 1.165) is 116 Å². The molecule has 0 fully saturated rings. The smallest absolute Gasteiger partial charge is 0.160 e. The van der Waals surface area contributed by atoms with Gasteiger partial charge in [0.05, 0.1) is 55.5 Å². The second kappa shape index (κ2) is 20.3. The van der Waals surface area contributed by atoms with Crippen molar-refractivity contribution in [3.05, 3.63) is 315 Å². The van der Waals surface area contributed by atoms with Crippen molar-refractivity contribution in [2.45, 2.75) is 0 Å². The van der Waals surface area contributed by atoms with Gasteiger partial charge in [-0.15, -0.1) is 0 Å². The fraction of sp³-hybridized carbons (Fsp3) is 0. The van der Waals surface area contributed by atoms with Crippen LogP contribution in [0, 0.1) is 11.6 Å². The molecule has 0 amide bonds. The molecule has 18 rings (SSSR count). The lowest BCUT2D eigenvalue weighted by Crippen LogP contribution is -2.02. The molecule has 0 radical (unpaired) electrons. The summed E-state index contributed by atoms with van der Waals surface area (Å²) in [6.45, 7) is 0. The Morgan fingerprint density at radius 1 is 0.200 bits per heavy atom. The molecule has 0 N–H and O–H groups in total. The third-order valence-corrected chi connectivity index (χ3v) is 18.1. The minimum Gasteiger partial charge on any atom is -0.309 e. The molecule has 0 spiro atoms. The average Bonchev–Trinajstić information content (AvgIpc) is 2.11. The minimum absolute atomic E-state index is 0.345. The normalized spacial score (nSPS) is 11.9. The van der Waals surface area contributed by atoms with Crippen LogP contribution in [0.25, 0.3) is 166 Å². The van der Waals surface area contributed by atoms with Gasteiger partial charge in [-0.05, 0) is 192 Å². The third-order valence-electron chi connectivity index (χ3n) is 18.1. The van der Waals surface area contributed by atoms with E-state index < -0.39 is 0 Å². The summed E-state index contributed by atoms with van der Waals surface area (Å²) in [5, 5.41) is 9.25. The maximum atomic E-state index is 14.6. The van der Waals surface area contributed by atoms with Crippen LogP contribution in [-0.4, -0.2) is 28.2 Å². The van der Waals surface area contributed by atoms with E-state index in [1.165, 1.54) is 56.8 Å². The lowest BCUT2D eigenvalue weighted by atomic mass is 10.0. The van der Waals surface area contributed by atoms with Crippen LogP contribution < -0.4 is 0 Å². The van der Waals surface area contributed by atoms with Gasteiger partial charge in [-0.2, -0.15) is 0 Å². The van der Waals surface area contributed by atoms with Gasteiger partial charge in [-0.3, -0.25) is 0 Å². The van der Waals surface area contributed by atoms with E-state index in [-0.39, 0.29) is 11.6 Å². The maximum absolute atomic E-state index is 14.6. The maximum Gasteiger partial charge on any atom is 0.160 e. The third kappa shape index (κ3) is 8.22. The summed E-state index contributed by atoms with van der Waals surface area (Å²) in [6.07, 6.45) is 0. The summed E-state index contributed by atoms with van der Waals surface area (Å²) < 4.78 is 38.6. The van der Waals surface area contributed by atoms with Gasteiger partial charge < -0.3 is 18.3 Å². The molecule has 0 saturated carbocycles. The van der Waals surface area contributed by atoms with Crippen molar-refractivity contribution in [2.24, 2.45) is 0 Å². The zero-order valence-electron chi connectivity index (χ0n) is 48.3. The van der Waals surface area contributed by atoms with Crippen molar-refractivity contribution in [2.75, 3.05) is 0 Å². The fourth-order valence-corrected chi connectivity index (χ4v) is 14.0. The summed E-state index contributed by atoms with van der Waals surface area (Å²) in [5.41, 5.74) is 20.7. The number of fused-ring (bicyclic) bond motifs is 12. The second-order valence-corrected chi connectivity index (χ2v) is 23.2. The van der Waals surface area contributed by atoms with Gasteiger partial charge in [0.2, 0.25) is 0 Å². The highest BCUT2D eigenvalue weighted by molar-refractivity contribution is 6.15. The number of hydrogen-bond acceptors (Lipinski definition) is 2. The molecule has 0 aliphatic carbocycles. The van der Waals surface area contributed by atoms with E-state index in [0.29, 0.717) is 17.2 Å². The predicted octanol–water partition coefficient (Wildman–Crippen LogP) is 21.5. The van der Waals surface area contributed by atoms with Crippen LogP contribution in [0.15, 0.2) is 303 Å². The summed E-state index contributed by atoms with van der Waals surface area (Å²) in [6, 6.07) is 104. The molecule has 6 nitrogen and oxygen atoms in total. The number of para-hydroxylation sites is 6. The average molecular weight is 1160 g/mol. The van der Waals surface area contributed by atoms with Crippen molar-refractivity contribution in [1.82, 2.24) is 28.2 Å². The Morgan fingerprint density at radius 3 is 0.811 bits per heavy atom. The Morgan fingerprint density at radius 2 is 0.478 bits per heavy atom. The Bertz CT molecular complexity index is 5560. The number of benzene rings is 13.